The number of aryl methyl sites for hydroxylation is 6. The minimum absolute atomic E-state index is 0.0273. The summed E-state index contributed by atoms with van der Waals surface area (Å²) in [5.74, 6) is 8.34. The van der Waals surface area contributed by atoms with E-state index in [2.05, 4.69) is 79.9 Å². The van der Waals surface area contributed by atoms with E-state index < -0.39 is 0 Å². The van der Waals surface area contributed by atoms with Gasteiger partial charge in [-0.1, -0.05) is 173 Å². The van der Waals surface area contributed by atoms with Crippen molar-refractivity contribution >= 4 is 58.0 Å². The smallest absolute Gasteiger partial charge is 0.337 e. The molecule has 12 aromatic rings. The van der Waals surface area contributed by atoms with E-state index in [1.165, 1.54) is 24.5 Å². The highest BCUT2D eigenvalue weighted by Crippen LogP contribution is 2.31. The molecular formula is C92H86ClN5O9. The molecule has 540 valence electrons. The maximum atomic E-state index is 12.1. The molecule has 0 fully saturated rings. The molecule has 0 bridgehead atoms. The second-order valence-corrected chi connectivity index (χ2v) is 25.1. The molecule has 0 amide bonds. The molecule has 14 nitrogen and oxygen atoms in total. The van der Waals surface area contributed by atoms with Crippen LogP contribution >= 0.6 is 11.6 Å². The van der Waals surface area contributed by atoms with Gasteiger partial charge in [-0.2, -0.15) is 0 Å². The fourth-order valence-electron chi connectivity index (χ4n) is 10.3. The molecule has 0 heterocycles. The fraction of sp³-hybridized carbons (Fsp3) is 0.120. The Morgan fingerprint density at radius 3 is 1.47 bits per heavy atom. The third-order valence-corrected chi connectivity index (χ3v) is 16.3. The third-order valence-electron chi connectivity index (χ3n) is 16.0. The number of hydrogen-bond acceptors (Lipinski definition) is 14. The number of aromatic hydroxyl groups is 6. The van der Waals surface area contributed by atoms with Gasteiger partial charge in [0.15, 0.2) is 5.78 Å². The molecule has 0 radical (unpaired) electrons. The number of carbonyl (C=O) groups excluding carboxylic acids is 2. The first kappa shape index (κ1) is 80.7. The van der Waals surface area contributed by atoms with Gasteiger partial charge < -0.3 is 56.6 Å². The summed E-state index contributed by atoms with van der Waals surface area (Å²) in [6, 6.07) is 79.5. The summed E-state index contributed by atoms with van der Waals surface area (Å²) in [5, 5.41) is 71.7. The molecule has 0 aliphatic carbocycles. The monoisotopic (exact) mass is 1440 g/mol. The van der Waals surface area contributed by atoms with Gasteiger partial charge in [0, 0.05) is 99.7 Å². The van der Waals surface area contributed by atoms with Crippen molar-refractivity contribution in [1.82, 2.24) is 0 Å². The van der Waals surface area contributed by atoms with Crippen molar-refractivity contribution in [3.63, 3.8) is 0 Å². The molecule has 0 unspecified atom stereocenters. The molecule has 0 saturated carbocycles. The second kappa shape index (κ2) is 41.5. The Morgan fingerprint density at radius 1 is 0.402 bits per heavy atom. The van der Waals surface area contributed by atoms with Crippen molar-refractivity contribution in [3.05, 3.63) is 360 Å². The average Bonchev–Trinajstić information content (AvgIpc) is 0.841. The Balaban J connectivity index is 0.000000179. The first-order valence-corrected chi connectivity index (χ1v) is 34.3. The van der Waals surface area contributed by atoms with Crippen molar-refractivity contribution in [2.75, 3.05) is 28.4 Å². The molecule has 0 aromatic heterocycles. The molecule has 12 rings (SSSR count). The zero-order chi connectivity index (χ0) is 77.2. The van der Waals surface area contributed by atoms with E-state index in [4.69, 9.17) is 30.9 Å². The molecule has 107 heavy (non-hydrogen) atoms. The van der Waals surface area contributed by atoms with Gasteiger partial charge in [-0.3, -0.25) is 9.79 Å². The Bertz CT molecular complexity index is 5130. The van der Waals surface area contributed by atoms with Gasteiger partial charge in [0.2, 0.25) is 0 Å². The highest BCUT2D eigenvalue weighted by molar-refractivity contribution is 6.32. The van der Waals surface area contributed by atoms with E-state index in [1.807, 2.05) is 156 Å². The minimum atomic E-state index is -0.354. The number of halogens is 1. The number of anilines is 4. The van der Waals surface area contributed by atoms with E-state index in [0.29, 0.717) is 58.3 Å². The zero-order valence-electron chi connectivity index (χ0n) is 60.7. The lowest BCUT2D eigenvalue weighted by molar-refractivity contribution is 0.0600. The van der Waals surface area contributed by atoms with Crippen LogP contribution in [0.4, 0.5) is 28.4 Å². The summed E-state index contributed by atoms with van der Waals surface area (Å²) in [7, 11) is 1.36. The Hall–Kier alpha value is -13.6. The molecule has 0 aliphatic heterocycles. The number of ketones is 1. The lowest BCUT2D eigenvalue weighted by Crippen LogP contribution is -2.03. The highest BCUT2D eigenvalue weighted by atomic mass is 35.5. The predicted octanol–water partition coefficient (Wildman–Crippen LogP) is 20.0. The molecule has 15 heteroatoms. The molecule has 0 atom stereocenters. The second-order valence-electron chi connectivity index (χ2n) is 24.7. The maximum absolute atomic E-state index is 12.1. The number of phenols is 6. The number of aliphatic imine (C=N–C) groups is 1. The van der Waals surface area contributed by atoms with Crippen LogP contribution in [-0.4, -0.2) is 55.7 Å². The molecule has 12 aromatic carbocycles. The van der Waals surface area contributed by atoms with Crippen LogP contribution in [0.5, 0.6) is 34.5 Å². The molecular weight excluding hydrogens is 1350 g/mol. The summed E-state index contributed by atoms with van der Waals surface area (Å²) >= 11 is 5.94. The number of ether oxygens (including phenoxy) is 1. The van der Waals surface area contributed by atoms with Crippen molar-refractivity contribution < 1.29 is 45.0 Å². The normalized spacial score (nSPS) is 10.1. The number of nitrogens with one attached hydrogen (secondary N) is 4. The number of para-hydroxylation sites is 1. The first-order valence-electron chi connectivity index (χ1n) is 34.0. The van der Waals surface area contributed by atoms with E-state index in [-0.39, 0.29) is 40.5 Å². The van der Waals surface area contributed by atoms with Gasteiger partial charge in [-0.05, 0) is 197 Å². The van der Waals surface area contributed by atoms with Crippen LogP contribution in [0.3, 0.4) is 0 Å². The van der Waals surface area contributed by atoms with Gasteiger partial charge in [-0.15, -0.1) is 19.3 Å². The summed E-state index contributed by atoms with van der Waals surface area (Å²) in [5.41, 5.74) is 19.1. The van der Waals surface area contributed by atoms with Gasteiger partial charge >= 0.3 is 5.97 Å². The van der Waals surface area contributed by atoms with E-state index in [0.717, 1.165) is 90.5 Å². The zero-order valence-corrected chi connectivity index (χ0v) is 61.5. The van der Waals surface area contributed by atoms with Crippen LogP contribution < -0.4 is 21.3 Å². The average molecular weight is 1440 g/mol. The Kier molecular flexibility index (Phi) is 31.3. The van der Waals surface area contributed by atoms with E-state index in [1.54, 1.807) is 115 Å². The van der Waals surface area contributed by atoms with E-state index >= 15 is 0 Å². The van der Waals surface area contributed by atoms with Crippen molar-refractivity contribution in [2.24, 2.45) is 4.99 Å². The van der Waals surface area contributed by atoms with Crippen LogP contribution in [0, 0.1) is 78.6 Å². The molecule has 0 spiro atoms. The lowest BCUT2D eigenvalue weighted by Gasteiger charge is -2.10. The number of carbonyl (C=O) groups is 2. The predicted molar refractivity (Wildman–Crippen MR) is 436 cm³/mol. The van der Waals surface area contributed by atoms with Gasteiger partial charge in [0.05, 0.1) is 23.3 Å². The number of benzene rings is 12. The quantitative estimate of drug-likeness (QED) is 0.0177. The number of phenolic OH excluding ortho intramolecular Hbond substituents is 6. The largest absolute Gasteiger partial charge is 0.508 e. The number of esters is 1. The lowest BCUT2D eigenvalue weighted by atomic mass is 10.0. The van der Waals surface area contributed by atoms with Crippen LogP contribution in [-0.2, 0) is 30.9 Å². The van der Waals surface area contributed by atoms with Gasteiger partial charge in [-0.25, -0.2) is 4.79 Å². The van der Waals surface area contributed by atoms with Gasteiger partial charge in [0.25, 0.3) is 0 Å². The number of nitrogens with zero attached hydrogens (tertiary/aromatic N) is 1. The molecule has 0 aliphatic rings. The number of hydrogen-bond donors (Lipinski definition) is 10. The van der Waals surface area contributed by atoms with Crippen molar-refractivity contribution in [1.29, 1.82) is 0 Å². The number of methoxy groups -OCH3 is 1. The minimum Gasteiger partial charge on any atom is -0.508 e. The van der Waals surface area contributed by atoms with E-state index in [9.17, 15) is 40.2 Å². The summed E-state index contributed by atoms with van der Waals surface area (Å²) in [4.78, 5) is 27.5. The Morgan fingerprint density at radius 2 is 0.888 bits per heavy atom. The third kappa shape index (κ3) is 26.6. The molecule has 0 saturated heterocycles. The SMILES string of the molecule is C#Cc1cccc(NCc2cc(C)cc(Cl)c2O)c1.C#Cc1cccc(NCc2ccc(C)cc2O)c1.C#Cc1cccc(NCc2cccc(C)c2)c1.COC(=O)c1ccc(NCc2cc(C)ccc2O)cc1.Cc1ccc(O)c(C(=O)c2ccccc2)c1.Cc1ccc(O)c(N=Cc2ccccc2O)c1. The number of rotatable bonds is 17. The van der Waals surface area contributed by atoms with Gasteiger partial charge in [0.1, 0.15) is 40.2 Å². The van der Waals surface area contributed by atoms with Crippen LogP contribution in [0.2, 0.25) is 5.02 Å². The van der Waals surface area contributed by atoms with Crippen molar-refractivity contribution in [3.8, 4) is 71.5 Å². The Labute approximate surface area is 632 Å². The standard InChI is InChI=1S/C16H14ClNO.C16H17NO3.C16H15NO.C16H15N.C14H13NO2.C14H12O2/c1-3-12-5-4-6-14(9-12)18-10-13-7-11(2)8-15(17)16(13)19;1-11-3-8-15(18)13(9-11)10-17-14-6-4-12(5-7-14)16(19)20-2;1-3-13-5-4-6-15(10-13)17-11-14-8-7-12(2)9-16(14)18;1-3-14-7-5-9-16(11-14)17-12-15-8-4-6-13(2)10-15;1-10-6-7-14(17)12(8-10)15-9-11-4-2-3-5-13(11)16;1-10-7-8-13(15)12(9-10)14(16)11-5-3-2-4-6-11/h1,4-9,18-19H,10H2,2H3;3-9,17-18H,10H2,1-2H3;1,4-10,17-18H,11H2,2H3;1,4-11,17H,12H2,2H3;2-9,16-17H,1H3;2-9,15H,1H3. The summed E-state index contributed by atoms with van der Waals surface area (Å²) in [6.07, 6.45) is 17.6. The fourth-order valence-corrected chi connectivity index (χ4v) is 10.6. The first-order chi connectivity index (χ1) is 51.5. The summed E-state index contributed by atoms with van der Waals surface area (Å²) < 4.78 is 4.64. The van der Waals surface area contributed by atoms with Crippen LogP contribution in [0.1, 0.15) is 104 Å². The van der Waals surface area contributed by atoms with Crippen LogP contribution in [0.25, 0.3) is 0 Å². The van der Waals surface area contributed by atoms with Crippen LogP contribution in [0.15, 0.2) is 266 Å². The maximum Gasteiger partial charge on any atom is 0.337 e. The number of terminal acetylenes is 3. The molecule has 10 N–H and O–H groups in total. The van der Waals surface area contributed by atoms with Crippen molar-refractivity contribution in [2.45, 2.75) is 67.7 Å². The summed E-state index contributed by atoms with van der Waals surface area (Å²) in [6.45, 7) is 14.2. The highest BCUT2D eigenvalue weighted by Gasteiger charge is 2.14. The topological polar surface area (TPSA) is 225 Å².